The summed E-state index contributed by atoms with van der Waals surface area (Å²) in [5.41, 5.74) is 0. The zero-order valence-electron chi connectivity index (χ0n) is 7.95. The topological polar surface area (TPSA) is 62.5 Å². The second-order valence-corrected chi connectivity index (χ2v) is 3.73. The SMILES string of the molecule is CSCCCNc1ccc(C(=O)O)o1. The predicted octanol–water partition coefficient (Wildman–Crippen LogP) is 2.14. The first-order valence-electron chi connectivity index (χ1n) is 4.30. The van der Waals surface area contributed by atoms with Gasteiger partial charge in [-0.2, -0.15) is 11.8 Å². The molecule has 0 spiro atoms. The standard InChI is InChI=1S/C9H13NO3S/c1-14-6-2-5-10-8-4-3-7(13-8)9(11)12/h3-4,10H,2,5-6H2,1H3,(H,11,12). The molecule has 0 aromatic carbocycles. The molecule has 14 heavy (non-hydrogen) atoms. The third-order valence-corrected chi connectivity index (χ3v) is 2.34. The van der Waals surface area contributed by atoms with Crippen LogP contribution in [-0.2, 0) is 0 Å². The Kier molecular flexibility index (Phi) is 4.39. The lowest BCUT2D eigenvalue weighted by Gasteiger charge is -2.00. The molecule has 0 amide bonds. The number of furan rings is 1. The smallest absolute Gasteiger partial charge is 0.371 e. The Morgan fingerprint density at radius 2 is 2.43 bits per heavy atom. The molecule has 1 aromatic rings. The minimum Gasteiger partial charge on any atom is -0.475 e. The van der Waals surface area contributed by atoms with Crippen LogP contribution in [0.3, 0.4) is 0 Å². The first kappa shape index (κ1) is 11.0. The van der Waals surface area contributed by atoms with E-state index in [1.165, 1.54) is 6.07 Å². The maximum Gasteiger partial charge on any atom is 0.371 e. The zero-order valence-corrected chi connectivity index (χ0v) is 8.76. The maximum absolute atomic E-state index is 10.5. The third-order valence-electron chi connectivity index (χ3n) is 1.64. The van der Waals surface area contributed by atoms with E-state index in [1.807, 2.05) is 0 Å². The van der Waals surface area contributed by atoms with E-state index in [0.29, 0.717) is 5.88 Å². The summed E-state index contributed by atoms with van der Waals surface area (Å²) in [5, 5.41) is 11.6. The highest BCUT2D eigenvalue weighted by Crippen LogP contribution is 2.13. The fourth-order valence-electron chi connectivity index (χ4n) is 0.976. The lowest BCUT2D eigenvalue weighted by molar-refractivity contribution is 0.0663. The highest BCUT2D eigenvalue weighted by atomic mass is 32.2. The van der Waals surface area contributed by atoms with E-state index in [2.05, 4.69) is 11.6 Å². The molecule has 0 saturated carbocycles. The Balaban J connectivity index is 2.33. The quantitative estimate of drug-likeness (QED) is 0.712. The summed E-state index contributed by atoms with van der Waals surface area (Å²) < 4.78 is 5.01. The molecule has 0 aliphatic carbocycles. The number of nitrogens with one attached hydrogen (secondary N) is 1. The molecule has 1 heterocycles. The van der Waals surface area contributed by atoms with Gasteiger partial charge in [-0.15, -0.1) is 0 Å². The minimum absolute atomic E-state index is 0.0302. The molecule has 1 rings (SSSR count). The van der Waals surface area contributed by atoms with Crippen molar-refractivity contribution >= 4 is 23.6 Å². The number of rotatable bonds is 6. The Morgan fingerprint density at radius 3 is 3.00 bits per heavy atom. The van der Waals surface area contributed by atoms with Gasteiger partial charge in [-0.05, 0) is 24.5 Å². The normalized spacial score (nSPS) is 10.1. The van der Waals surface area contributed by atoms with Gasteiger partial charge in [0.05, 0.1) is 0 Å². The average molecular weight is 215 g/mol. The van der Waals surface area contributed by atoms with E-state index < -0.39 is 5.97 Å². The Morgan fingerprint density at radius 1 is 1.64 bits per heavy atom. The molecule has 5 heteroatoms. The van der Waals surface area contributed by atoms with Crippen molar-refractivity contribution in [1.82, 2.24) is 0 Å². The predicted molar refractivity (Wildman–Crippen MR) is 57.2 cm³/mol. The van der Waals surface area contributed by atoms with Crippen LogP contribution >= 0.6 is 11.8 Å². The van der Waals surface area contributed by atoms with Crippen molar-refractivity contribution in [2.75, 3.05) is 23.9 Å². The summed E-state index contributed by atoms with van der Waals surface area (Å²) in [7, 11) is 0. The number of carboxylic acids is 1. The molecule has 0 aliphatic rings. The van der Waals surface area contributed by atoms with Gasteiger partial charge in [-0.25, -0.2) is 4.79 Å². The van der Waals surface area contributed by atoms with Crippen molar-refractivity contribution in [1.29, 1.82) is 0 Å². The van der Waals surface area contributed by atoms with Crippen LogP contribution in [0.25, 0.3) is 0 Å². The molecular weight excluding hydrogens is 202 g/mol. The Labute approximate surface area is 86.7 Å². The van der Waals surface area contributed by atoms with Crippen molar-refractivity contribution in [3.05, 3.63) is 17.9 Å². The highest BCUT2D eigenvalue weighted by molar-refractivity contribution is 7.98. The van der Waals surface area contributed by atoms with Gasteiger partial charge in [-0.3, -0.25) is 0 Å². The lowest BCUT2D eigenvalue weighted by Crippen LogP contribution is -2.01. The van der Waals surface area contributed by atoms with E-state index in [-0.39, 0.29) is 5.76 Å². The Hall–Kier alpha value is -1.10. The van der Waals surface area contributed by atoms with Gasteiger partial charge in [0.1, 0.15) is 0 Å². The van der Waals surface area contributed by atoms with Gasteiger partial charge in [-0.1, -0.05) is 0 Å². The summed E-state index contributed by atoms with van der Waals surface area (Å²) >= 11 is 1.78. The van der Waals surface area contributed by atoms with Crippen LogP contribution in [0, 0.1) is 0 Å². The molecule has 0 bridgehead atoms. The monoisotopic (exact) mass is 215 g/mol. The number of anilines is 1. The number of thioether (sulfide) groups is 1. The van der Waals surface area contributed by atoms with Crippen LogP contribution in [0.1, 0.15) is 17.0 Å². The number of hydrogen-bond acceptors (Lipinski definition) is 4. The number of carboxylic acid groups (broad SMARTS) is 1. The molecule has 0 atom stereocenters. The van der Waals surface area contributed by atoms with E-state index in [0.717, 1.165) is 18.7 Å². The van der Waals surface area contributed by atoms with Crippen molar-refractivity contribution in [2.45, 2.75) is 6.42 Å². The number of aromatic carboxylic acids is 1. The zero-order chi connectivity index (χ0) is 10.4. The molecule has 0 aliphatic heterocycles. The van der Waals surface area contributed by atoms with Crippen molar-refractivity contribution < 1.29 is 14.3 Å². The van der Waals surface area contributed by atoms with E-state index in [1.54, 1.807) is 17.8 Å². The Bertz CT molecular complexity index is 298. The summed E-state index contributed by atoms with van der Waals surface area (Å²) in [4.78, 5) is 10.5. The van der Waals surface area contributed by atoms with Gasteiger partial charge in [0, 0.05) is 12.6 Å². The molecule has 4 nitrogen and oxygen atoms in total. The van der Waals surface area contributed by atoms with Crippen LogP contribution in [0.15, 0.2) is 16.5 Å². The number of carbonyl (C=O) groups is 1. The van der Waals surface area contributed by atoms with Gasteiger partial charge in [0.2, 0.25) is 5.76 Å². The second kappa shape index (κ2) is 5.59. The average Bonchev–Trinajstić information content (AvgIpc) is 2.61. The van der Waals surface area contributed by atoms with Crippen LogP contribution in [0.5, 0.6) is 0 Å². The lowest BCUT2D eigenvalue weighted by atomic mass is 10.4. The van der Waals surface area contributed by atoms with Crippen LogP contribution in [0.4, 0.5) is 5.88 Å². The van der Waals surface area contributed by atoms with Crippen molar-refractivity contribution in [2.24, 2.45) is 0 Å². The number of hydrogen-bond donors (Lipinski definition) is 2. The molecule has 0 fully saturated rings. The first-order chi connectivity index (χ1) is 6.74. The third kappa shape index (κ3) is 3.33. The summed E-state index contributed by atoms with van der Waals surface area (Å²) in [6, 6.07) is 3.07. The fourth-order valence-corrected chi connectivity index (χ4v) is 1.41. The molecule has 0 saturated heterocycles. The van der Waals surface area contributed by atoms with Gasteiger partial charge in [0.15, 0.2) is 5.88 Å². The first-order valence-corrected chi connectivity index (χ1v) is 5.69. The van der Waals surface area contributed by atoms with Gasteiger partial charge < -0.3 is 14.8 Å². The van der Waals surface area contributed by atoms with Crippen LogP contribution in [-0.4, -0.2) is 29.6 Å². The van der Waals surface area contributed by atoms with Crippen molar-refractivity contribution in [3.8, 4) is 0 Å². The highest BCUT2D eigenvalue weighted by Gasteiger charge is 2.07. The van der Waals surface area contributed by atoms with Crippen LogP contribution < -0.4 is 5.32 Å². The molecule has 0 unspecified atom stereocenters. The van der Waals surface area contributed by atoms with Gasteiger partial charge in [0.25, 0.3) is 0 Å². The van der Waals surface area contributed by atoms with Crippen LogP contribution in [0.2, 0.25) is 0 Å². The summed E-state index contributed by atoms with van der Waals surface area (Å²) in [6.07, 6.45) is 3.08. The van der Waals surface area contributed by atoms with Crippen molar-refractivity contribution in [3.63, 3.8) is 0 Å². The van der Waals surface area contributed by atoms with E-state index in [4.69, 9.17) is 9.52 Å². The van der Waals surface area contributed by atoms with Gasteiger partial charge >= 0.3 is 5.97 Å². The summed E-state index contributed by atoms with van der Waals surface area (Å²) in [6.45, 7) is 0.799. The van der Waals surface area contributed by atoms with E-state index in [9.17, 15) is 4.79 Å². The maximum atomic E-state index is 10.5. The molecule has 2 N–H and O–H groups in total. The molecule has 0 radical (unpaired) electrons. The summed E-state index contributed by atoms with van der Waals surface area (Å²) in [5.74, 6) is 0.530. The fraction of sp³-hybridized carbons (Fsp3) is 0.444. The largest absolute Gasteiger partial charge is 0.475 e. The molecule has 78 valence electrons. The molecular formula is C9H13NO3S. The minimum atomic E-state index is -1.04. The van der Waals surface area contributed by atoms with E-state index >= 15 is 0 Å². The second-order valence-electron chi connectivity index (χ2n) is 2.74. The molecule has 1 aromatic heterocycles.